The number of ether oxygens (including phenoxy) is 1. The molecule has 0 radical (unpaired) electrons. The number of aryl methyl sites for hydroxylation is 1. The molecule has 5 heteroatoms. The Morgan fingerprint density at radius 3 is 2.42 bits per heavy atom. The maximum atomic E-state index is 11.7. The summed E-state index contributed by atoms with van der Waals surface area (Å²) in [7, 11) is 0. The van der Waals surface area contributed by atoms with Crippen molar-refractivity contribution in [3.05, 3.63) is 59.7 Å². The summed E-state index contributed by atoms with van der Waals surface area (Å²) < 4.78 is 4.97. The van der Waals surface area contributed by atoms with Crippen molar-refractivity contribution in [1.29, 1.82) is 0 Å². The highest BCUT2D eigenvalue weighted by molar-refractivity contribution is 5.89. The molecule has 0 aliphatic heterocycles. The fraction of sp³-hybridized carbons (Fsp3) is 0.381. The van der Waals surface area contributed by atoms with Gasteiger partial charge in [-0.2, -0.15) is 10.2 Å². The van der Waals surface area contributed by atoms with E-state index in [4.69, 9.17) is 9.84 Å². The van der Waals surface area contributed by atoms with Gasteiger partial charge < -0.3 is 9.84 Å². The molecule has 2 aromatic rings. The van der Waals surface area contributed by atoms with Gasteiger partial charge >= 0.3 is 5.97 Å². The standard InChI is InChI=1S/C21H26N2O3/c1-2-26-21(25)18-12-14-19(15-13-18)22-23-20-11-7-6-10-17(20)9-5-3-4-8-16-24/h6-7,10-15,24H,2-5,8-9,16H2,1H3. The highest BCUT2D eigenvalue weighted by Crippen LogP contribution is 2.24. The van der Waals surface area contributed by atoms with Gasteiger partial charge in [-0.15, -0.1) is 0 Å². The Bertz CT molecular complexity index is 711. The van der Waals surface area contributed by atoms with Crippen molar-refractivity contribution >= 4 is 17.3 Å². The second-order valence-electron chi connectivity index (χ2n) is 5.98. The van der Waals surface area contributed by atoms with Crippen LogP contribution < -0.4 is 0 Å². The number of carbonyl (C=O) groups is 1. The van der Waals surface area contributed by atoms with Gasteiger partial charge in [0.25, 0.3) is 0 Å². The summed E-state index contributed by atoms with van der Waals surface area (Å²) >= 11 is 0. The average Bonchev–Trinajstić information content (AvgIpc) is 2.67. The van der Waals surface area contributed by atoms with Crippen LogP contribution in [0.2, 0.25) is 0 Å². The third-order valence-electron chi connectivity index (χ3n) is 4.00. The topological polar surface area (TPSA) is 71.2 Å². The fourth-order valence-electron chi connectivity index (χ4n) is 2.59. The zero-order chi connectivity index (χ0) is 18.6. The maximum Gasteiger partial charge on any atom is 0.338 e. The van der Waals surface area contributed by atoms with Crippen LogP contribution in [0.1, 0.15) is 48.5 Å². The fourth-order valence-corrected chi connectivity index (χ4v) is 2.59. The van der Waals surface area contributed by atoms with Crippen molar-refractivity contribution in [1.82, 2.24) is 0 Å². The third kappa shape index (κ3) is 6.41. The first kappa shape index (κ1) is 19.8. The maximum absolute atomic E-state index is 11.7. The van der Waals surface area contributed by atoms with Crippen LogP contribution in [0, 0.1) is 0 Å². The van der Waals surface area contributed by atoms with Gasteiger partial charge in [-0.1, -0.05) is 31.0 Å². The van der Waals surface area contributed by atoms with Gasteiger partial charge in [0.1, 0.15) is 0 Å². The lowest BCUT2D eigenvalue weighted by molar-refractivity contribution is 0.0526. The number of nitrogens with zero attached hydrogens (tertiary/aromatic N) is 2. The van der Waals surface area contributed by atoms with Gasteiger partial charge in [-0.3, -0.25) is 0 Å². The lowest BCUT2D eigenvalue weighted by Crippen LogP contribution is -2.03. The molecule has 0 aliphatic carbocycles. The predicted octanol–water partition coefficient (Wildman–Crippen LogP) is 5.37. The summed E-state index contributed by atoms with van der Waals surface area (Å²) in [5, 5.41) is 17.5. The molecule has 0 amide bonds. The van der Waals surface area contributed by atoms with Gasteiger partial charge in [0.15, 0.2) is 0 Å². The van der Waals surface area contributed by atoms with Crippen LogP contribution in [0.4, 0.5) is 11.4 Å². The summed E-state index contributed by atoms with van der Waals surface area (Å²) in [6, 6.07) is 14.9. The number of aliphatic hydroxyl groups is 1. The van der Waals surface area contributed by atoms with Gasteiger partial charge in [0.05, 0.1) is 23.5 Å². The van der Waals surface area contributed by atoms with E-state index in [1.54, 1.807) is 31.2 Å². The van der Waals surface area contributed by atoms with Crippen molar-refractivity contribution in [3.63, 3.8) is 0 Å². The first-order valence-corrected chi connectivity index (χ1v) is 9.12. The molecule has 0 bridgehead atoms. The van der Waals surface area contributed by atoms with E-state index in [1.807, 2.05) is 18.2 Å². The van der Waals surface area contributed by atoms with Crippen molar-refractivity contribution in [2.24, 2.45) is 10.2 Å². The summed E-state index contributed by atoms with van der Waals surface area (Å²) in [6.07, 6.45) is 5.03. The first-order valence-electron chi connectivity index (χ1n) is 9.12. The third-order valence-corrected chi connectivity index (χ3v) is 4.00. The molecule has 0 atom stereocenters. The average molecular weight is 354 g/mol. The van der Waals surface area contributed by atoms with E-state index < -0.39 is 0 Å². The molecule has 2 aromatic carbocycles. The van der Waals surface area contributed by atoms with Crippen LogP contribution in [-0.4, -0.2) is 24.3 Å². The second kappa shape index (κ2) is 11.2. The van der Waals surface area contributed by atoms with E-state index in [9.17, 15) is 4.79 Å². The number of carbonyl (C=O) groups excluding carboxylic acids is 1. The van der Waals surface area contributed by atoms with Crippen molar-refractivity contribution in [3.8, 4) is 0 Å². The largest absolute Gasteiger partial charge is 0.462 e. The molecule has 0 unspecified atom stereocenters. The Kier molecular flexibility index (Phi) is 8.49. The number of rotatable bonds is 10. The Morgan fingerprint density at radius 1 is 0.962 bits per heavy atom. The van der Waals surface area contributed by atoms with Crippen molar-refractivity contribution in [2.45, 2.75) is 39.0 Å². The van der Waals surface area contributed by atoms with E-state index in [0.29, 0.717) is 17.9 Å². The number of benzene rings is 2. The molecule has 138 valence electrons. The molecule has 26 heavy (non-hydrogen) atoms. The summed E-state index contributed by atoms with van der Waals surface area (Å²) in [5.41, 5.74) is 3.23. The van der Waals surface area contributed by atoms with E-state index in [-0.39, 0.29) is 12.6 Å². The van der Waals surface area contributed by atoms with Crippen molar-refractivity contribution < 1.29 is 14.6 Å². The molecular weight excluding hydrogens is 328 g/mol. The Morgan fingerprint density at radius 2 is 1.69 bits per heavy atom. The molecule has 5 nitrogen and oxygen atoms in total. The molecule has 0 saturated heterocycles. The number of azo groups is 1. The van der Waals surface area contributed by atoms with Gasteiger partial charge in [0, 0.05) is 6.61 Å². The molecular formula is C21H26N2O3. The summed E-state index contributed by atoms with van der Waals surface area (Å²) in [5.74, 6) is -0.331. The number of aliphatic hydroxyl groups excluding tert-OH is 1. The number of unbranched alkanes of at least 4 members (excludes halogenated alkanes) is 3. The highest BCUT2D eigenvalue weighted by Gasteiger charge is 2.05. The SMILES string of the molecule is CCOC(=O)c1ccc(N=Nc2ccccc2CCCCCCO)cc1. The summed E-state index contributed by atoms with van der Waals surface area (Å²) in [4.78, 5) is 11.7. The minimum Gasteiger partial charge on any atom is -0.462 e. The predicted molar refractivity (Wildman–Crippen MR) is 102 cm³/mol. The monoisotopic (exact) mass is 354 g/mol. The molecule has 0 saturated carbocycles. The quantitative estimate of drug-likeness (QED) is 0.354. The normalized spacial score (nSPS) is 11.0. The zero-order valence-electron chi connectivity index (χ0n) is 15.2. The van der Waals surface area contributed by atoms with Gasteiger partial charge in [-0.25, -0.2) is 4.79 Å². The van der Waals surface area contributed by atoms with E-state index >= 15 is 0 Å². The molecule has 0 spiro atoms. The summed E-state index contributed by atoms with van der Waals surface area (Å²) in [6.45, 7) is 2.40. The van der Waals surface area contributed by atoms with Crippen LogP contribution in [0.5, 0.6) is 0 Å². The van der Waals surface area contributed by atoms with E-state index in [0.717, 1.165) is 37.8 Å². The Labute approximate surface area is 154 Å². The molecule has 0 fully saturated rings. The molecule has 0 aliphatic rings. The lowest BCUT2D eigenvalue weighted by atomic mass is 10.0. The van der Waals surface area contributed by atoms with Gasteiger partial charge in [0.2, 0.25) is 0 Å². The van der Waals surface area contributed by atoms with Crippen LogP contribution in [-0.2, 0) is 11.2 Å². The second-order valence-corrected chi connectivity index (χ2v) is 5.98. The number of hydrogen-bond acceptors (Lipinski definition) is 5. The first-order chi connectivity index (χ1) is 12.7. The van der Waals surface area contributed by atoms with E-state index in [2.05, 4.69) is 16.3 Å². The minimum absolute atomic E-state index is 0.264. The number of hydrogen-bond donors (Lipinski definition) is 1. The minimum atomic E-state index is -0.331. The zero-order valence-corrected chi connectivity index (χ0v) is 15.2. The Hall–Kier alpha value is -2.53. The van der Waals surface area contributed by atoms with E-state index in [1.165, 1.54) is 5.56 Å². The molecule has 0 heterocycles. The van der Waals surface area contributed by atoms with Crippen LogP contribution in [0.3, 0.4) is 0 Å². The van der Waals surface area contributed by atoms with Crippen LogP contribution >= 0.6 is 0 Å². The lowest BCUT2D eigenvalue weighted by Gasteiger charge is -2.05. The molecule has 1 N–H and O–H groups in total. The molecule has 2 rings (SSSR count). The van der Waals surface area contributed by atoms with Crippen LogP contribution in [0.25, 0.3) is 0 Å². The molecule has 0 aromatic heterocycles. The van der Waals surface area contributed by atoms with Gasteiger partial charge in [-0.05, 0) is 62.1 Å². The number of esters is 1. The smallest absolute Gasteiger partial charge is 0.338 e. The Balaban J connectivity index is 1.98. The van der Waals surface area contributed by atoms with Crippen LogP contribution in [0.15, 0.2) is 58.8 Å². The van der Waals surface area contributed by atoms with Crippen molar-refractivity contribution in [2.75, 3.05) is 13.2 Å². The highest BCUT2D eigenvalue weighted by atomic mass is 16.5.